The van der Waals surface area contributed by atoms with Crippen LogP contribution in [0, 0.1) is 13.8 Å². The maximum Gasteiger partial charge on any atom is 0.258 e. The maximum atomic E-state index is 12.3. The second kappa shape index (κ2) is 7.71. The van der Waals surface area contributed by atoms with Crippen molar-refractivity contribution in [1.29, 1.82) is 0 Å². The van der Waals surface area contributed by atoms with E-state index in [1.54, 1.807) is 18.2 Å². The number of rotatable bonds is 5. The molecule has 0 bridgehead atoms. The van der Waals surface area contributed by atoms with Gasteiger partial charge in [0.25, 0.3) is 5.56 Å². The second-order valence-electron chi connectivity index (χ2n) is 7.02. The smallest absolute Gasteiger partial charge is 0.258 e. The Balaban J connectivity index is 1.39. The van der Waals surface area contributed by atoms with Crippen molar-refractivity contribution in [1.82, 2.24) is 19.7 Å². The first-order valence-electron chi connectivity index (χ1n) is 9.39. The summed E-state index contributed by atoms with van der Waals surface area (Å²) in [5.41, 5.74) is 5.08. The highest BCUT2D eigenvalue weighted by molar-refractivity contribution is 5.93. The molecular formula is C22H21N5O2. The number of anilines is 1. The van der Waals surface area contributed by atoms with Crippen LogP contribution in [0.25, 0.3) is 16.6 Å². The number of hydrogen-bond acceptors (Lipinski definition) is 4. The van der Waals surface area contributed by atoms with Gasteiger partial charge >= 0.3 is 0 Å². The molecule has 0 aliphatic rings. The molecule has 2 heterocycles. The van der Waals surface area contributed by atoms with E-state index in [-0.39, 0.29) is 11.5 Å². The average molecular weight is 387 g/mol. The van der Waals surface area contributed by atoms with Crippen molar-refractivity contribution in [3.63, 3.8) is 0 Å². The number of nitrogens with zero attached hydrogens (tertiary/aromatic N) is 3. The Labute approximate surface area is 167 Å². The molecule has 0 radical (unpaired) electrons. The predicted octanol–water partition coefficient (Wildman–Crippen LogP) is 3.30. The molecular weight excluding hydrogens is 366 g/mol. The first kappa shape index (κ1) is 18.6. The molecule has 0 unspecified atom stereocenters. The van der Waals surface area contributed by atoms with E-state index in [0.29, 0.717) is 29.4 Å². The molecule has 0 aliphatic heterocycles. The Morgan fingerprint density at radius 2 is 1.90 bits per heavy atom. The molecule has 2 aromatic carbocycles. The molecule has 0 saturated heterocycles. The molecule has 2 N–H and O–H groups in total. The summed E-state index contributed by atoms with van der Waals surface area (Å²) in [7, 11) is 0. The summed E-state index contributed by atoms with van der Waals surface area (Å²) in [6.07, 6.45) is 2.34. The van der Waals surface area contributed by atoms with Crippen LogP contribution in [0.1, 0.15) is 23.4 Å². The van der Waals surface area contributed by atoms with Gasteiger partial charge in [0.05, 0.1) is 28.6 Å². The Hall–Kier alpha value is -3.74. The largest absolute Gasteiger partial charge is 0.326 e. The standard InChI is InChI=1S/C22H21N5O2/c1-14-11-15(2)27(26-14)18-7-3-16(4-8-18)5-10-21(28)25-17-6-9-20-19(12-17)22(29)24-13-23-20/h3-4,6-9,11-13H,5,10H2,1-2H3,(H,25,28)(H,23,24,29). The van der Waals surface area contributed by atoms with Gasteiger partial charge in [0.1, 0.15) is 0 Å². The molecule has 0 aliphatic carbocycles. The molecule has 4 aromatic rings. The lowest BCUT2D eigenvalue weighted by atomic mass is 10.1. The van der Waals surface area contributed by atoms with Crippen molar-refractivity contribution in [3.05, 3.63) is 82.2 Å². The van der Waals surface area contributed by atoms with Crippen molar-refractivity contribution in [2.45, 2.75) is 26.7 Å². The summed E-state index contributed by atoms with van der Waals surface area (Å²) in [4.78, 5) is 30.8. The van der Waals surface area contributed by atoms with Gasteiger partial charge in [-0.05, 0) is 62.2 Å². The molecule has 29 heavy (non-hydrogen) atoms. The van der Waals surface area contributed by atoms with E-state index in [2.05, 4.69) is 20.4 Å². The second-order valence-corrected chi connectivity index (χ2v) is 7.02. The lowest BCUT2D eigenvalue weighted by Crippen LogP contribution is -2.13. The van der Waals surface area contributed by atoms with Gasteiger partial charge < -0.3 is 10.3 Å². The van der Waals surface area contributed by atoms with Gasteiger partial charge in [-0.15, -0.1) is 0 Å². The number of hydrogen-bond donors (Lipinski definition) is 2. The van der Waals surface area contributed by atoms with Crippen molar-refractivity contribution in [2.24, 2.45) is 0 Å². The van der Waals surface area contributed by atoms with Crippen LogP contribution in [-0.4, -0.2) is 25.7 Å². The van der Waals surface area contributed by atoms with E-state index >= 15 is 0 Å². The van der Waals surface area contributed by atoms with E-state index in [0.717, 1.165) is 22.6 Å². The minimum atomic E-state index is -0.228. The van der Waals surface area contributed by atoms with Crippen molar-refractivity contribution >= 4 is 22.5 Å². The first-order valence-corrected chi connectivity index (χ1v) is 9.39. The molecule has 0 fully saturated rings. The summed E-state index contributed by atoms with van der Waals surface area (Å²) in [6.45, 7) is 3.99. The molecule has 0 atom stereocenters. The van der Waals surface area contributed by atoms with Gasteiger partial charge in [-0.3, -0.25) is 9.59 Å². The third kappa shape index (κ3) is 4.08. The van der Waals surface area contributed by atoms with Crippen LogP contribution < -0.4 is 10.9 Å². The molecule has 146 valence electrons. The number of aromatic nitrogens is 4. The van der Waals surface area contributed by atoms with Crippen LogP contribution in [0.4, 0.5) is 5.69 Å². The number of aryl methyl sites for hydroxylation is 3. The van der Waals surface area contributed by atoms with E-state index in [4.69, 9.17) is 0 Å². The van der Waals surface area contributed by atoms with Crippen LogP contribution in [0.5, 0.6) is 0 Å². The van der Waals surface area contributed by atoms with Crippen molar-refractivity contribution in [2.75, 3.05) is 5.32 Å². The lowest BCUT2D eigenvalue weighted by Gasteiger charge is -2.08. The lowest BCUT2D eigenvalue weighted by molar-refractivity contribution is -0.116. The summed E-state index contributed by atoms with van der Waals surface area (Å²) in [6, 6.07) is 15.2. The Bertz CT molecular complexity index is 1240. The zero-order valence-electron chi connectivity index (χ0n) is 16.3. The fraction of sp³-hybridized carbons (Fsp3) is 0.182. The molecule has 2 aromatic heterocycles. The monoisotopic (exact) mass is 387 g/mol. The normalized spacial score (nSPS) is 11.0. The minimum absolute atomic E-state index is 0.104. The van der Waals surface area contributed by atoms with Gasteiger partial charge in [-0.2, -0.15) is 5.10 Å². The highest BCUT2D eigenvalue weighted by Crippen LogP contribution is 2.16. The van der Waals surface area contributed by atoms with Crippen LogP contribution >= 0.6 is 0 Å². The third-order valence-corrected chi connectivity index (χ3v) is 4.76. The number of nitrogens with one attached hydrogen (secondary N) is 2. The molecule has 4 rings (SSSR count). The van der Waals surface area contributed by atoms with Gasteiger partial charge in [0, 0.05) is 17.8 Å². The summed E-state index contributed by atoms with van der Waals surface area (Å²) < 4.78 is 1.90. The SMILES string of the molecule is Cc1cc(C)n(-c2ccc(CCC(=O)Nc3ccc4nc[nH]c(=O)c4c3)cc2)n1. The number of H-pyrrole nitrogens is 1. The summed E-state index contributed by atoms with van der Waals surface area (Å²) in [5.74, 6) is -0.104. The quantitative estimate of drug-likeness (QED) is 0.550. The van der Waals surface area contributed by atoms with Crippen LogP contribution in [0.2, 0.25) is 0 Å². The minimum Gasteiger partial charge on any atom is -0.326 e. The van der Waals surface area contributed by atoms with Crippen molar-refractivity contribution in [3.8, 4) is 5.69 Å². The zero-order chi connectivity index (χ0) is 20.4. The van der Waals surface area contributed by atoms with Gasteiger partial charge in [0.2, 0.25) is 5.91 Å². The summed E-state index contributed by atoms with van der Waals surface area (Å²) >= 11 is 0. The van der Waals surface area contributed by atoms with Crippen molar-refractivity contribution < 1.29 is 4.79 Å². The average Bonchev–Trinajstić information content (AvgIpc) is 3.05. The molecule has 1 amide bonds. The molecule has 0 saturated carbocycles. The Morgan fingerprint density at radius 3 is 2.62 bits per heavy atom. The highest BCUT2D eigenvalue weighted by Gasteiger charge is 2.07. The maximum absolute atomic E-state index is 12.3. The van der Waals surface area contributed by atoms with Gasteiger partial charge in [0.15, 0.2) is 0 Å². The fourth-order valence-corrected chi connectivity index (χ4v) is 3.32. The third-order valence-electron chi connectivity index (χ3n) is 4.76. The number of fused-ring (bicyclic) bond motifs is 1. The predicted molar refractivity (Wildman–Crippen MR) is 112 cm³/mol. The van der Waals surface area contributed by atoms with E-state index in [1.165, 1.54) is 6.33 Å². The van der Waals surface area contributed by atoms with Crippen LogP contribution in [0.15, 0.2) is 59.7 Å². The number of carbonyl (C=O) groups excluding carboxylic acids is 1. The van der Waals surface area contributed by atoms with Crippen LogP contribution in [0.3, 0.4) is 0 Å². The molecule has 7 nitrogen and oxygen atoms in total. The summed E-state index contributed by atoms with van der Waals surface area (Å²) in [5, 5.41) is 7.78. The highest BCUT2D eigenvalue weighted by atomic mass is 16.1. The van der Waals surface area contributed by atoms with E-state index in [9.17, 15) is 9.59 Å². The van der Waals surface area contributed by atoms with E-state index < -0.39 is 0 Å². The van der Waals surface area contributed by atoms with Gasteiger partial charge in [-0.1, -0.05) is 12.1 Å². The Morgan fingerprint density at radius 1 is 1.10 bits per heavy atom. The van der Waals surface area contributed by atoms with E-state index in [1.807, 2.05) is 48.9 Å². The fourth-order valence-electron chi connectivity index (χ4n) is 3.32. The first-order chi connectivity index (χ1) is 14.0. The van der Waals surface area contributed by atoms with Gasteiger partial charge in [-0.25, -0.2) is 9.67 Å². The molecule has 0 spiro atoms. The number of benzene rings is 2. The number of carbonyl (C=O) groups is 1. The molecule has 7 heteroatoms. The number of amides is 1. The van der Waals surface area contributed by atoms with Crippen LogP contribution in [-0.2, 0) is 11.2 Å². The topological polar surface area (TPSA) is 92.7 Å². The Kier molecular flexibility index (Phi) is 4.95. The number of aromatic amines is 1. The zero-order valence-corrected chi connectivity index (χ0v) is 16.3.